The number of carbonyl (C=O) groups excluding carboxylic acids is 2. The normalized spacial score (nSPS) is 10.3. The van der Waals surface area contributed by atoms with Crippen molar-refractivity contribution in [1.82, 2.24) is 5.32 Å². The van der Waals surface area contributed by atoms with Gasteiger partial charge in [0.2, 0.25) is 5.91 Å². The van der Waals surface area contributed by atoms with Gasteiger partial charge in [-0.1, -0.05) is 30.3 Å². The van der Waals surface area contributed by atoms with Gasteiger partial charge in [-0.2, -0.15) is 0 Å². The molecule has 1 N–H and O–H groups in total. The quantitative estimate of drug-likeness (QED) is 0.916. The Morgan fingerprint density at radius 2 is 1.67 bits per heavy atom. The monoisotopic (exact) mass is 328 g/mol. The van der Waals surface area contributed by atoms with Crippen LogP contribution >= 0.6 is 0 Å². The summed E-state index contributed by atoms with van der Waals surface area (Å²) in [6.07, 6.45) is 0. The second-order valence-corrected chi connectivity index (χ2v) is 5.65. The van der Waals surface area contributed by atoms with Gasteiger partial charge in [-0.25, -0.2) is 4.39 Å². The highest BCUT2D eigenvalue weighted by atomic mass is 19.1. The number of halogens is 1. The molecule has 2 aromatic carbocycles. The van der Waals surface area contributed by atoms with Crippen LogP contribution in [0.4, 0.5) is 10.1 Å². The molecule has 0 aliphatic rings. The fourth-order valence-electron chi connectivity index (χ4n) is 2.68. The zero-order valence-electron chi connectivity index (χ0n) is 14.1. The third-order valence-corrected chi connectivity index (χ3v) is 3.83. The van der Waals surface area contributed by atoms with Crippen LogP contribution in [0, 0.1) is 19.7 Å². The van der Waals surface area contributed by atoms with E-state index in [2.05, 4.69) is 5.32 Å². The summed E-state index contributed by atoms with van der Waals surface area (Å²) in [7, 11) is 0. The number of amides is 2. The van der Waals surface area contributed by atoms with Crippen LogP contribution < -0.4 is 10.2 Å². The lowest BCUT2D eigenvalue weighted by molar-refractivity contribution is -0.116. The fraction of sp³-hybridized carbons (Fsp3) is 0.263. The molecule has 0 spiro atoms. The van der Waals surface area contributed by atoms with Crippen molar-refractivity contribution < 1.29 is 14.0 Å². The number of aryl methyl sites for hydroxylation is 2. The Kier molecular flexibility index (Phi) is 5.68. The van der Waals surface area contributed by atoms with E-state index in [1.807, 2.05) is 32.0 Å². The molecule has 2 amide bonds. The molecule has 0 saturated carbocycles. The van der Waals surface area contributed by atoms with E-state index in [0.717, 1.165) is 16.8 Å². The Hall–Kier alpha value is -2.69. The summed E-state index contributed by atoms with van der Waals surface area (Å²) in [5.74, 6) is -1.15. The number of nitrogens with one attached hydrogen (secondary N) is 1. The van der Waals surface area contributed by atoms with E-state index in [-0.39, 0.29) is 18.0 Å². The highest BCUT2D eigenvalue weighted by Crippen LogP contribution is 2.24. The summed E-state index contributed by atoms with van der Waals surface area (Å²) >= 11 is 0. The molecule has 0 aliphatic carbocycles. The predicted molar refractivity (Wildman–Crippen MR) is 92.7 cm³/mol. The van der Waals surface area contributed by atoms with Gasteiger partial charge in [-0.3, -0.25) is 9.59 Å². The highest BCUT2D eigenvalue weighted by Gasteiger charge is 2.17. The van der Waals surface area contributed by atoms with Crippen molar-refractivity contribution in [1.29, 1.82) is 0 Å². The molecule has 0 bridgehead atoms. The minimum Gasteiger partial charge on any atom is -0.350 e. The number of nitrogens with zero attached hydrogens (tertiary/aromatic N) is 1. The van der Waals surface area contributed by atoms with Crippen LogP contribution in [0.15, 0.2) is 42.5 Å². The molecular formula is C19H21FN2O2. The van der Waals surface area contributed by atoms with Crippen LogP contribution in [0.1, 0.15) is 28.4 Å². The summed E-state index contributed by atoms with van der Waals surface area (Å²) in [5.41, 5.74) is 2.83. The van der Waals surface area contributed by atoms with Crippen molar-refractivity contribution in [2.75, 3.05) is 18.0 Å². The average Bonchev–Trinajstić information content (AvgIpc) is 2.53. The van der Waals surface area contributed by atoms with Crippen molar-refractivity contribution in [3.05, 3.63) is 65.0 Å². The Morgan fingerprint density at radius 1 is 1.04 bits per heavy atom. The van der Waals surface area contributed by atoms with Crippen LogP contribution in [0.2, 0.25) is 0 Å². The lowest BCUT2D eigenvalue weighted by Crippen LogP contribution is -2.38. The third-order valence-electron chi connectivity index (χ3n) is 3.83. The van der Waals surface area contributed by atoms with E-state index in [1.54, 1.807) is 11.0 Å². The van der Waals surface area contributed by atoms with E-state index in [4.69, 9.17) is 0 Å². The van der Waals surface area contributed by atoms with Crippen LogP contribution in [-0.4, -0.2) is 24.9 Å². The maximum absolute atomic E-state index is 13.6. The van der Waals surface area contributed by atoms with E-state index >= 15 is 0 Å². The largest absolute Gasteiger partial charge is 0.350 e. The van der Waals surface area contributed by atoms with Gasteiger partial charge in [-0.05, 0) is 37.1 Å². The van der Waals surface area contributed by atoms with E-state index in [0.29, 0.717) is 6.54 Å². The summed E-state index contributed by atoms with van der Waals surface area (Å²) in [6.45, 7) is 5.93. The molecule has 2 aromatic rings. The third kappa shape index (κ3) is 3.98. The Balaban J connectivity index is 2.07. The number of anilines is 1. The number of para-hydroxylation sites is 1. The topological polar surface area (TPSA) is 49.4 Å². The molecule has 0 aromatic heterocycles. The second-order valence-electron chi connectivity index (χ2n) is 5.65. The lowest BCUT2D eigenvalue weighted by atomic mass is 10.1. The van der Waals surface area contributed by atoms with Gasteiger partial charge in [0.25, 0.3) is 5.91 Å². The van der Waals surface area contributed by atoms with Crippen molar-refractivity contribution in [3.8, 4) is 0 Å². The molecule has 24 heavy (non-hydrogen) atoms. The zero-order chi connectivity index (χ0) is 17.7. The molecule has 4 nitrogen and oxygen atoms in total. The molecule has 0 radical (unpaired) electrons. The molecule has 0 saturated heterocycles. The molecule has 0 fully saturated rings. The number of rotatable bonds is 5. The van der Waals surface area contributed by atoms with Crippen LogP contribution in [0.25, 0.3) is 0 Å². The predicted octanol–water partition coefficient (Wildman–Crippen LogP) is 3.23. The molecular weight excluding hydrogens is 307 g/mol. The Bertz CT molecular complexity index is 739. The van der Waals surface area contributed by atoms with E-state index in [9.17, 15) is 14.0 Å². The summed E-state index contributed by atoms with van der Waals surface area (Å²) < 4.78 is 13.6. The summed E-state index contributed by atoms with van der Waals surface area (Å²) in [6, 6.07) is 11.6. The number of hydrogen-bond donors (Lipinski definition) is 1. The summed E-state index contributed by atoms with van der Waals surface area (Å²) in [5, 5.41) is 2.66. The first-order valence-corrected chi connectivity index (χ1v) is 7.79. The molecule has 5 heteroatoms. The van der Waals surface area contributed by atoms with E-state index < -0.39 is 11.7 Å². The van der Waals surface area contributed by atoms with Crippen molar-refractivity contribution >= 4 is 17.5 Å². The van der Waals surface area contributed by atoms with Gasteiger partial charge in [0.05, 0.1) is 5.56 Å². The van der Waals surface area contributed by atoms with Gasteiger partial charge in [0, 0.05) is 25.7 Å². The molecule has 126 valence electrons. The Labute approximate surface area is 141 Å². The average molecular weight is 328 g/mol. The van der Waals surface area contributed by atoms with Crippen molar-refractivity contribution in [3.63, 3.8) is 0 Å². The van der Waals surface area contributed by atoms with Gasteiger partial charge in [-0.15, -0.1) is 0 Å². The van der Waals surface area contributed by atoms with Crippen LogP contribution in [0.3, 0.4) is 0 Å². The molecule has 0 aliphatic heterocycles. The minimum atomic E-state index is -0.562. The second kappa shape index (κ2) is 7.73. The standard InChI is InChI=1S/C19H21FN2O2/c1-13-7-6-8-14(2)18(13)22(15(3)23)12-11-21-19(24)16-9-4-5-10-17(16)20/h4-10H,11-12H2,1-3H3,(H,21,24). The molecule has 0 unspecified atom stereocenters. The van der Waals surface area contributed by atoms with Crippen molar-refractivity contribution in [2.45, 2.75) is 20.8 Å². The molecule has 0 atom stereocenters. The lowest BCUT2D eigenvalue weighted by Gasteiger charge is -2.25. The highest BCUT2D eigenvalue weighted by molar-refractivity contribution is 5.95. The zero-order valence-corrected chi connectivity index (χ0v) is 14.1. The van der Waals surface area contributed by atoms with Gasteiger partial charge < -0.3 is 10.2 Å². The van der Waals surface area contributed by atoms with E-state index in [1.165, 1.54) is 25.1 Å². The van der Waals surface area contributed by atoms with Gasteiger partial charge in [0.15, 0.2) is 0 Å². The number of carbonyl (C=O) groups is 2. The van der Waals surface area contributed by atoms with Gasteiger partial charge >= 0.3 is 0 Å². The maximum atomic E-state index is 13.6. The maximum Gasteiger partial charge on any atom is 0.254 e. The van der Waals surface area contributed by atoms with Crippen LogP contribution in [-0.2, 0) is 4.79 Å². The Morgan fingerprint density at radius 3 is 2.25 bits per heavy atom. The minimum absolute atomic E-state index is 0.000975. The summed E-state index contributed by atoms with van der Waals surface area (Å²) in [4.78, 5) is 25.7. The van der Waals surface area contributed by atoms with Crippen LogP contribution in [0.5, 0.6) is 0 Å². The SMILES string of the molecule is CC(=O)N(CCNC(=O)c1ccccc1F)c1c(C)cccc1C. The molecule has 0 heterocycles. The fourth-order valence-corrected chi connectivity index (χ4v) is 2.68. The first-order chi connectivity index (χ1) is 11.4. The number of benzene rings is 2. The first kappa shape index (κ1) is 17.7. The first-order valence-electron chi connectivity index (χ1n) is 7.79. The van der Waals surface area contributed by atoms with Crippen molar-refractivity contribution in [2.24, 2.45) is 0 Å². The van der Waals surface area contributed by atoms with Gasteiger partial charge in [0.1, 0.15) is 5.82 Å². The number of hydrogen-bond acceptors (Lipinski definition) is 2. The molecule has 2 rings (SSSR count). The smallest absolute Gasteiger partial charge is 0.254 e.